The molecule has 1 fully saturated rings. The van der Waals surface area contributed by atoms with E-state index < -0.39 is 11.8 Å². The van der Waals surface area contributed by atoms with Gasteiger partial charge in [0.05, 0.1) is 18.7 Å². The van der Waals surface area contributed by atoms with Gasteiger partial charge in [0.1, 0.15) is 23.6 Å². The summed E-state index contributed by atoms with van der Waals surface area (Å²) >= 11 is 0. The van der Waals surface area contributed by atoms with Crippen molar-refractivity contribution in [3.8, 4) is 17.3 Å². The summed E-state index contributed by atoms with van der Waals surface area (Å²) in [6.07, 6.45) is 3.53. The summed E-state index contributed by atoms with van der Waals surface area (Å²) in [7, 11) is 0. The summed E-state index contributed by atoms with van der Waals surface area (Å²) in [5.74, 6) is -1.77. The number of fused-ring (bicyclic) bond motifs is 5. The smallest absolute Gasteiger partial charge is 0.265 e. The zero-order chi connectivity index (χ0) is 22.8. The Balaban J connectivity index is 1.48. The second-order valence-corrected chi connectivity index (χ2v) is 8.33. The predicted molar refractivity (Wildman–Crippen MR) is 119 cm³/mol. The lowest BCUT2D eigenvalue weighted by Gasteiger charge is -2.34. The summed E-state index contributed by atoms with van der Waals surface area (Å²) in [6.45, 7) is 1.28. The number of pyridine rings is 1. The molecule has 33 heavy (non-hydrogen) atoms. The Labute approximate surface area is 189 Å². The molecule has 0 aliphatic carbocycles. The molecule has 0 saturated carbocycles. The fourth-order valence-corrected chi connectivity index (χ4v) is 4.20. The number of carbonyl (C=O) groups excluding carboxylic acids is 1. The minimum Gasteiger partial charge on any atom is -0.493 e. The zero-order valence-corrected chi connectivity index (χ0v) is 18.0. The molecule has 2 aromatic heterocycles. The van der Waals surface area contributed by atoms with Crippen molar-refractivity contribution in [1.29, 1.82) is 0 Å². The highest BCUT2D eigenvalue weighted by atomic mass is 19.3. The molecule has 1 saturated heterocycles. The van der Waals surface area contributed by atoms with Gasteiger partial charge in [-0.3, -0.25) is 4.79 Å². The number of ether oxygens (including phenoxy) is 1. The normalized spacial score (nSPS) is 18.4. The molecule has 1 N–H and O–H groups in total. The predicted octanol–water partition coefficient (Wildman–Crippen LogP) is 4.00. The maximum absolute atomic E-state index is 14.0. The molecule has 5 rings (SSSR count). The third-order valence-electron chi connectivity index (χ3n) is 5.85. The number of anilines is 2. The highest BCUT2D eigenvalue weighted by Crippen LogP contribution is 2.33. The van der Waals surface area contributed by atoms with E-state index in [2.05, 4.69) is 20.5 Å². The number of piperidine rings is 1. The number of nitrogens with zero attached hydrogens (tertiary/aromatic N) is 5. The molecule has 4 heterocycles. The van der Waals surface area contributed by atoms with Crippen LogP contribution in [0.3, 0.4) is 0 Å². The highest BCUT2D eigenvalue weighted by Gasteiger charge is 2.35. The first-order valence-corrected chi connectivity index (χ1v) is 11.0. The standard InChI is InChI=1S/C23H24F2N6O2/c24-23(25)9-4-11-30(14-23)16-7-8-19-17(13-16)22(32)28-20-6-3-5-18(27-20)21-29-26-15-31(21)10-1-2-12-33-19/h3,5-8,13,15H,1-2,4,9-12,14H2,(H,27,28,32). The molecule has 0 spiro atoms. The van der Waals surface area contributed by atoms with Crippen molar-refractivity contribution in [2.24, 2.45) is 0 Å². The molecule has 1 amide bonds. The molecule has 172 valence electrons. The van der Waals surface area contributed by atoms with E-state index in [-0.39, 0.29) is 18.5 Å². The van der Waals surface area contributed by atoms with Gasteiger partial charge in [-0.05, 0) is 49.6 Å². The van der Waals surface area contributed by atoms with E-state index in [1.165, 1.54) is 0 Å². The van der Waals surface area contributed by atoms with Crippen LogP contribution in [-0.4, -0.2) is 51.3 Å². The number of halogens is 2. The molecular weight excluding hydrogens is 430 g/mol. The first kappa shape index (κ1) is 21.3. The SMILES string of the molecule is O=C1Nc2cccc(n2)-c2nncn2CCCCOc2ccc(N3CCCC(F)(F)C3)cc21. The number of alkyl halides is 2. The number of rotatable bonds is 1. The van der Waals surface area contributed by atoms with Gasteiger partial charge in [-0.25, -0.2) is 13.8 Å². The van der Waals surface area contributed by atoms with E-state index in [0.29, 0.717) is 54.9 Å². The van der Waals surface area contributed by atoms with Gasteiger partial charge in [0.2, 0.25) is 0 Å². The molecule has 8 nitrogen and oxygen atoms in total. The monoisotopic (exact) mass is 454 g/mol. The summed E-state index contributed by atoms with van der Waals surface area (Å²) in [5, 5.41) is 11.0. The van der Waals surface area contributed by atoms with Crippen LogP contribution in [0.25, 0.3) is 11.5 Å². The van der Waals surface area contributed by atoms with Crippen LogP contribution in [0.15, 0.2) is 42.7 Å². The minimum absolute atomic E-state index is 0.117. The van der Waals surface area contributed by atoms with E-state index >= 15 is 0 Å². The lowest BCUT2D eigenvalue weighted by atomic mass is 10.1. The average Bonchev–Trinajstić information content (AvgIpc) is 3.26. The van der Waals surface area contributed by atoms with Crippen molar-refractivity contribution in [3.63, 3.8) is 0 Å². The Morgan fingerprint density at radius 1 is 1.09 bits per heavy atom. The van der Waals surface area contributed by atoms with Crippen LogP contribution in [0, 0.1) is 0 Å². The number of hydrogen-bond acceptors (Lipinski definition) is 6. The molecular formula is C23H24F2N6O2. The molecule has 2 aliphatic rings. The molecule has 0 radical (unpaired) electrons. The van der Waals surface area contributed by atoms with Crippen LogP contribution >= 0.6 is 0 Å². The quantitative estimate of drug-likeness (QED) is 0.598. The second kappa shape index (κ2) is 8.76. The number of aromatic nitrogens is 4. The number of carbonyl (C=O) groups is 1. The summed E-state index contributed by atoms with van der Waals surface area (Å²) in [6, 6.07) is 10.3. The highest BCUT2D eigenvalue weighted by molar-refractivity contribution is 6.06. The Morgan fingerprint density at radius 2 is 2.00 bits per heavy atom. The van der Waals surface area contributed by atoms with Gasteiger partial charge in [0.25, 0.3) is 11.8 Å². The third-order valence-corrected chi connectivity index (χ3v) is 5.85. The second-order valence-electron chi connectivity index (χ2n) is 8.33. The van der Waals surface area contributed by atoms with Gasteiger partial charge in [0.15, 0.2) is 5.82 Å². The zero-order valence-electron chi connectivity index (χ0n) is 18.0. The van der Waals surface area contributed by atoms with E-state index in [1.807, 2.05) is 10.6 Å². The topological polar surface area (TPSA) is 85.2 Å². The van der Waals surface area contributed by atoms with Gasteiger partial charge in [-0.2, -0.15) is 0 Å². The van der Waals surface area contributed by atoms with Crippen LogP contribution in [0.2, 0.25) is 0 Å². The number of aryl methyl sites for hydroxylation is 1. The summed E-state index contributed by atoms with van der Waals surface area (Å²) in [5.41, 5.74) is 1.46. The lowest BCUT2D eigenvalue weighted by Crippen LogP contribution is -2.42. The van der Waals surface area contributed by atoms with Crippen molar-refractivity contribution in [1.82, 2.24) is 19.7 Å². The Bertz CT molecular complexity index is 1170. The van der Waals surface area contributed by atoms with Crippen LogP contribution < -0.4 is 15.0 Å². The van der Waals surface area contributed by atoms with Crippen LogP contribution in [0.1, 0.15) is 36.0 Å². The molecule has 0 unspecified atom stereocenters. The molecule has 2 bridgehead atoms. The van der Waals surface area contributed by atoms with Gasteiger partial charge in [0, 0.05) is 25.2 Å². The summed E-state index contributed by atoms with van der Waals surface area (Å²) < 4.78 is 35.8. The lowest BCUT2D eigenvalue weighted by molar-refractivity contribution is -0.0116. The van der Waals surface area contributed by atoms with Crippen molar-refractivity contribution >= 4 is 17.4 Å². The Hall–Kier alpha value is -3.56. The Kier molecular flexibility index (Phi) is 5.65. The fraction of sp³-hybridized carbons (Fsp3) is 0.391. The van der Waals surface area contributed by atoms with E-state index in [1.54, 1.807) is 41.6 Å². The Morgan fingerprint density at radius 3 is 2.88 bits per heavy atom. The van der Waals surface area contributed by atoms with Gasteiger partial charge in [-0.15, -0.1) is 10.2 Å². The maximum Gasteiger partial charge on any atom is 0.265 e. The largest absolute Gasteiger partial charge is 0.493 e. The first-order valence-electron chi connectivity index (χ1n) is 11.0. The third kappa shape index (κ3) is 4.64. The molecule has 10 heteroatoms. The molecule has 0 atom stereocenters. The minimum atomic E-state index is -2.74. The number of benzene rings is 1. The van der Waals surface area contributed by atoms with Gasteiger partial charge < -0.3 is 19.5 Å². The molecule has 1 aromatic carbocycles. The molecule has 2 aliphatic heterocycles. The van der Waals surface area contributed by atoms with Crippen molar-refractivity contribution in [2.75, 3.05) is 29.9 Å². The first-order chi connectivity index (χ1) is 16.0. The van der Waals surface area contributed by atoms with Crippen LogP contribution in [0.4, 0.5) is 20.3 Å². The van der Waals surface area contributed by atoms with E-state index in [0.717, 1.165) is 12.8 Å². The van der Waals surface area contributed by atoms with Gasteiger partial charge >= 0.3 is 0 Å². The van der Waals surface area contributed by atoms with Gasteiger partial charge in [-0.1, -0.05) is 6.07 Å². The average molecular weight is 454 g/mol. The number of hydrogen-bond donors (Lipinski definition) is 1. The van der Waals surface area contributed by atoms with Crippen molar-refractivity contribution in [2.45, 2.75) is 38.2 Å². The van der Waals surface area contributed by atoms with Crippen LogP contribution in [-0.2, 0) is 6.54 Å². The van der Waals surface area contributed by atoms with Crippen LogP contribution in [0.5, 0.6) is 5.75 Å². The number of amides is 1. The van der Waals surface area contributed by atoms with E-state index in [4.69, 9.17) is 4.74 Å². The maximum atomic E-state index is 14.0. The number of nitrogens with one attached hydrogen (secondary N) is 1. The van der Waals surface area contributed by atoms with E-state index in [9.17, 15) is 13.6 Å². The van der Waals surface area contributed by atoms with Crippen molar-refractivity contribution < 1.29 is 18.3 Å². The molecule has 3 aromatic rings. The van der Waals surface area contributed by atoms with Crippen molar-refractivity contribution in [3.05, 3.63) is 48.3 Å². The summed E-state index contributed by atoms with van der Waals surface area (Å²) in [4.78, 5) is 19.4. The fourth-order valence-electron chi connectivity index (χ4n) is 4.20.